The minimum Gasteiger partial charge on any atom is -0.495 e. The van der Waals surface area contributed by atoms with E-state index in [0.717, 1.165) is 30.9 Å². The van der Waals surface area contributed by atoms with E-state index in [0.29, 0.717) is 28.5 Å². The van der Waals surface area contributed by atoms with Crippen LogP contribution >= 0.6 is 31.9 Å². The summed E-state index contributed by atoms with van der Waals surface area (Å²) in [6.45, 7) is 3.35. The number of benzene rings is 3. The molecule has 0 unspecified atom stereocenters. The Morgan fingerprint density at radius 1 is 0.972 bits per heavy atom. The van der Waals surface area contributed by atoms with E-state index in [1.165, 1.54) is 7.11 Å². The van der Waals surface area contributed by atoms with Gasteiger partial charge < -0.3 is 19.2 Å². The van der Waals surface area contributed by atoms with Crippen LogP contribution in [-0.2, 0) is 9.59 Å². The fourth-order valence-electron chi connectivity index (χ4n) is 3.56. The Hall–Kier alpha value is -3.37. The number of fused-ring (bicyclic) bond motifs is 3. The number of amides is 2. The molecular weight excluding hydrogens is 594 g/mol. The number of aryl methyl sites for hydroxylation is 1. The van der Waals surface area contributed by atoms with Crippen LogP contribution in [-0.4, -0.2) is 31.2 Å². The molecule has 0 aliphatic heterocycles. The summed E-state index contributed by atoms with van der Waals surface area (Å²) in [7, 11) is 1.54. The van der Waals surface area contributed by atoms with Gasteiger partial charge in [-0.2, -0.15) is 5.10 Å². The molecule has 0 bridgehead atoms. The number of anilines is 1. The third-order valence-corrected chi connectivity index (χ3v) is 6.81. The van der Waals surface area contributed by atoms with Crippen LogP contribution in [0.4, 0.5) is 5.69 Å². The summed E-state index contributed by atoms with van der Waals surface area (Å²) < 4.78 is 18.6. The van der Waals surface area contributed by atoms with E-state index in [1.807, 2.05) is 49.4 Å². The molecule has 10 heteroatoms. The number of hydrazone groups is 1. The summed E-state index contributed by atoms with van der Waals surface area (Å²) in [4.78, 5) is 24.8. The third kappa shape index (κ3) is 5.88. The molecule has 4 rings (SSSR count). The molecule has 2 amide bonds. The van der Waals surface area contributed by atoms with Crippen LogP contribution in [0.15, 0.2) is 67.0 Å². The summed E-state index contributed by atoms with van der Waals surface area (Å²) in [5.41, 5.74) is 5.68. The Kier molecular flexibility index (Phi) is 7.95. The van der Waals surface area contributed by atoms with Crippen molar-refractivity contribution in [1.29, 1.82) is 0 Å². The Morgan fingerprint density at radius 3 is 2.53 bits per heavy atom. The molecule has 0 saturated heterocycles. The van der Waals surface area contributed by atoms with Gasteiger partial charge in [-0.05, 0) is 59.6 Å². The van der Waals surface area contributed by atoms with Crippen molar-refractivity contribution >= 4 is 77.0 Å². The van der Waals surface area contributed by atoms with Crippen molar-refractivity contribution < 1.29 is 23.5 Å². The van der Waals surface area contributed by atoms with Gasteiger partial charge in [0, 0.05) is 27.0 Å². The molecule has 0 fully saturated rings. The van der Waals surface area contributed by atoms with Crippen LogP contribution in [0.5, 0.6) is 11.5 Å². The molecular formula is C26H23Br2N3O5. The molecule has 36 heavy (non-hydrogen) atoms. The molecule has 0 aliphatic carbocycles. The lowest BCUT2D eigenvalue weighted by Crippen LogP contribution is -2.26. The van der Waals surface area contributed by atoms with Crippen molar-refractivity contribution in [3.8, 4) is 11.5 Å². The second-order valence-corrected chi connectivity index (χ2v) is 9.78. The fraction of sp³-hybridized carbons (Fsp3) is 0.192. The molecule has 0 saturated carbocycles. The highest BCUT2D eigenvalue weighted by atomic mass is 79.9. The lowest BCUT2D eigenvalue weighted by Gasteiger charge is -2.11. The van der Waals surface area contributed by atoms with Gasteiger partial charge in [-0.15, -0.1) is 0 Å². The average Bonchev–Trinajstić information content (AvgIpc) is 3.20. The molecule has 0 spiro atoms. The lowest BCUT2D eigenvalue weighted by atomic mass is 10.1. The Labute approximate surface area is 224 Å². The maximum atomic E-state index is 12.6. The molecule has 0 atom stereocenters. The van der Waals surface area contributed by atoms with E-state index in [9.17, 15) is 9.59 Å². The van der Waals surface area contributed by atoms with Gasteiger partial charge >= 0.3 is 0 Å². The van der Waals surface area contributed by atoms with Crippen LogP contribution in [0.2, 0.25) is 0 Å². The Bertz CT molecular complexity index is 1500. The van der Waals surface area contributed by atoms with Gasteiger partial charge in [0.05, 0.1) is 23.7 Å². The summed E-state index contributed by atoms with van der Waals surface area (Å²) in [5.74, 6) is 0.294. The average molecular weight is 617 g/mol. The van der Waals surface area contributed by atoms with Crippen molar-refractivity contribution in [1.82, 2.24) is 5.43 Å². The number of furan rings is 1. The lowest BCUT2D eigenvalue weighted by molar-refractivity contribution is -0.123. The predicted octanol–water partition coefficient (Wildman–Crippen LogP) is 6.33. The van der Waals surface area contributed by atoms with E-state index in [2.05, 4.69) is 47.7 Å². The molecule has 3 aromatic carbocycles. The first-order valence-electron chi connectivity index (χ1n) is 10.9. The third-order valence-electron chi connectivity index (χ3n) is 5.33. The van der Waals surface area contributed by atoms with Gasteiger partial charge in [0.1, 0.15) is 22.7 Å². The van der Waals surface area contributed by atoms with Crippen molar-refractivity contribution in [2.75, 3.05) is 19.0 Å². The highest BCUT2D eigenvalue weighted by Gasteiger charge is 2.15. The summed E-state index contributed by atoms with van der Waals surface area (Å²) in [6, 6.07) is 14.9. The van der Waals surface area contributed by atoms with E-state index in [4.69, 9.17) is 13.9 Å². The molecule has 186 valence electrons. The Morgan fingerprint density at radius 2 is 1.75 bits per heavy atom. The number of para-hydroxylation sites is 1. The molecule has 1 aromatic heterocycles. The summed E-state index contributed by atoms with van der Waals surface area (Å²) >= 11 is 6.85. The zero-order valence-corrected chi connectivity index (χ0v) is 22.9. The number of ether oxygens (including phenoxy) is 2. The first-order valence-corrected chi connectivity index (χ1v) is 12.5. The number of nitrogens with zero attached hydrogens (tertiary/aromatic N) is 1. The van der Waals surface area contributed by atoms with Gasteiger partial charge in [0.2, 0.25) is 5.91 Å². The number of rotatable bonds is 8. The van der Waals surface area contributed by atoms with Crippen molar-refractivity contribution in [3.05, 3.63) is 63.0 Å². The van der Waals surface area contributed by atoms with Gasteiger partial charge in [-0.1, -0.05) is 34.1 Å². The second-order valence-electron chi connectivity index (χ2n) is 8.07. The standard InChI is InChI=1S/C26H23Br2N3O5/c1-14-8-23(19(28)11-18(14)27)35-13-26(33)31-30-15(2)9-25(32)29-20-12-22-17(10-24(20)34-3)16-6-4-5-7-21(16)36-22/h4-8,10-12H,9,13H2,1-3H3,(H,29,32)(H,31,33)/b30-15-. The summed E-state index contributed by atoms with van der Waals surface area (Å²) in [5, 5.41) is 8.69. The zero-order valence-electron chi connectivity index (χ0n) is 19.8. The fourth-order valence-corrected chi connectivity index (χ4v) is 4.67. The number of nitrogens with one attached hydrogen (secondary N) is 2. The van der Waals surface area contributed by atoms with E-state index in [-0.39, 0.29) is 18.9 Å². The van der Waals surface area contributed by atoms with Crippen molar-refractivity contribution in [2.24, 2.45) is 5.10 Å². The van der Waals surface area contributed by atoms with Gasteiger partial charge in [0.15, 0.2) is 6.61 Å². The topological polar surface area (TPSA) is 102 Å². The second kappa shape index (κ2) is 11.1. The normalized spacial score (nSPS) is 11.5. The smallest absolute Gasteiger partial charge is 0.277 e. The van der Waals surface area contributed by atoms with Gasteiger partial charge in [-0.25, -0.2) is 5.43 Å². The largest absolute Gasteiger partial charge is 0.495 e. The highest BCUT2D eigenvalue weighted by Crippen LogP contribution is 2.36. The van der Waals surface area contributed by atoms with E-state index >= 15 is 0 Å². The zero-order chi connectivity index (χ0) is 25.8. The first kappa shape index (κ1) is 25.7. The number of carbonyl (C=O) groups is 2. The van der Waals surface area contributed by atoms with Crippen LogP contribution in [0, 0.1) is 6.92 Å². The SMILES string of the molecule is COc1cc2c(cc1NC(=O)C/C(C)=N\NC(=O)COc1cc(C)c(Br)cc1Br)oc1ccccc12. The number of carbonyl (C=O) groups excluding carboxylic acids is 2. The quantitative estimate of drug-likeness (QED) is 0.178. The van der Waals surface area contributed by atoms with Crippen LogP contribution in [0.25, 0.3) is 21.9 Å². The van der Waals surface area contributed by atoms with Crippen LogP contribution in [0.1, 0.15) is 18.9 Å². The maximum Gasteiger partial charge on any atom is 0.277 e. The molecule has 0 radical (unpaired) electrons. The van der Waals surface area contributed by atoms with Crippen molar-refractivity contribution in [2.45, 2.75) is 20.3 Å². The molecule has 0 aliphatic rings. The number of hydrogen-bond acceptors (Lipinski definition) is 6. The molecule has 2 N–H and O–H groups in total. The molecule has 1 heterocycles. The van der Waals surface area contributed by atoms with Crippen LogP contribution < -0.4 is 20.2 Å². The minimum absolute atomic E-state index is 0.0279. The predicted molar refractivity (Wildman–Crippen MR) is 147 cm³/mol. The first-order chi connectivity index (χ1) is 17.2. The van der Waals surface area contributed by atoms with E-state index in [1.54, 1.807) is 13.0 Å². The van der Waals surface area contributed by atoms with Crippen LogP contribution in [0.3, 0.4) is 0 Å². The van der Waals surface area contributed by atoms with Gasteiger partial charge in [-0.3, -0.25) is 9.59 Å². The monoisotopic (exact) mass is 615 g/mol. The molecule has 8 nitrogen and oxygen atoms in total. The number of methoxy groups -OCH3 is 1. The minimum atomic E-state index is -0.445. The van der Waals surface area contributed by atoms with Gasteiger partial charge in [0.25, 0.3) is 5.91 Å². The molecule has 4 aromatic rings. The Balaban J connectivity index is 1.35. The summed E-state index contributed by atoms with van der Waals surface area (Å²) in [6.07, 6.45) is -0.0279. The highest BCUT2D eigenvalue weighted by molar-refractivity contribution is 9.11. The van der Waals surface area contributed by atoms with E-state index < -0.39 is 5.91 Å². The van der Waals surface area contributed by atoms with Crippen molar-refractivity contribution in [3.63, 3.8) is 0 Å². The number of halogens is 2. The maximum absolute atomic E-state index is 12.6. The number of hydrogen-bond donors (Lipinski definition) is 2.